The van der Waals surface area contributed by atoms with Gasteiger partial charge in [-0.1, -0.05) is 42.5 Å². The lowest BCUT2D eigenvalue weighted by molar-refractivity contribution is 0.196. The number of nitrogens with one attached hydrogen (secondary N) is 1. The Kier molecular flexibility index (Phi) is 4.31. The second-order valence-corrected chi connectivity index (χ2v) is 4.01. The van der Waals surface area contributed by atoms with Crippen molar-refractivity contribution >= 4 is 0 Å². The number of para-hydroxylation sites is 1. The molecule has 2 aromatic rings. The van der Waals surface area contributed by atoms with E-state index in [1.54, 1.807) is 18.2 Å². The number of likely N-dealkylation sites (N-methyl/N-ethyl adjacent to an activating group) is 1. The molecule has 0 aliphatic rings. The first-order valence-corrected chi connectivity index (χ1v) is 5.92. The van der Waals surface area contributed by atoms with Crippen LogP contribution in [0.5, 0.6) is 5.75 Å². The largest absolute Gasteiger partial charge is 0.481 e. The number of halogens is 1. The Balaban J connectivity index is 2.19. The van der Waals surface area contributed by atoms with Crippen LogP contribution < -0.4 is 10.1 Å². The van der Waals surface area contributed by atoms with E-state index in [0.717, 1.165) is 5.56 Å². The van der Waals surface area contributed by atoms with Crippen LogP contribution in [-0.2, 0) is 0 Å². The van der Waals surface area contributed by atoms with Gasteiger partial charge in [-0.25, -0.2) is 4.39 Å². The molecule has 1 atom stereocenters. The minimum Gasteiger partial charge on any atom is -0.481 e. The van der Waals surface area contributed by atoms with Crippen molar-refractivity contribution < 1.29 is 9.13 Å². The Morgan fingerprint density at radius 2 is 1.72 bits per heavy atom. The molecule has 2 aromatic carbocycles. The average molecular weight is 245 g/mol. The first kappa shape index (κ1) is 12.6. The van der Waals surface area contributed by atoms with Crippen molar-refractivity contribution in [1.29, 1.82) is 0 Å². The molecule has 0 saturated carbocycles. The lowest BCUT2D eigenvalue weighted by Gasteiger charge is -2.19. The molecule has 0 aliphatic heterocycles. The Morgan fingerprint density at radius 3 is 2.39 bits per heavy atom. The highest BCUT2D eigenvalue weighted by Gasteiger charge is 2.14. The van der Waals surface area contributed by atoms with Gasteiger partial charge in [0.2, 0.25) is 0 Å². The van der Waals surface area contributed by atoms with Gasteiger partial charge in [0.15, 0.2) is 11.6 Å². The minimum atomic E-state index is -0.338. The molecule has 1 unspecified atom stereocenters. The van der Waals surface area contributed by atoms with Crippen LogP contribution in [0.25, 0.3) is 0 Å². The fourth-order valence-electron chi connectivity index (χ4n) is 1.77. The molecule has 0 heterocycles. The van der Waals surface area contributed by atoms with Crippen LogP contribution in [0, 0.1) is 5.82 Å². The summed E-state index contributed by atoms with van der Waals surface area (Å²) in [5.74, 6) is -0.0591. The molecule has 2 rings (SSSR count). The summed E-state index contributed by atoms with van der Waals surface area (Å²) < 4.78 is 19.3. The van der Waals surface area contributed by atoms with Gasteiger partial charge >= 0.3 is 0 Å². The molecular weight excluding hydrogens is 229 g/mol. The first-order chi connectivity index (χ1) is 8.81. The Hall–Kier alpha value is -1.87. The van der Waals surface area contributed by atoms with Crippen LogP contribution >= 0.6 is 0 Å². The average Bonchev–Trinajstić information content (AvgIpc) is 2.42. The van der Waals surface area contributed by atoms with Gasteiger partial charge in [-0.05, 0) is 24.7 Å². The summed E-state index contributed by atoms with van der Waals surface area (Å²) >= 11 is 0. The summed E-state index contributed by atoms with van der Waals surface area (Å²) in [5, 5.41) is 3.06. The third-order valence-corrected chi connectivity index (χ3v) is 2.67. The van der Waals surface area contributed by atoms with Crippen molar-refractivity contribution in [3.63, 3.8) is 0 Å². The zero-order valence-electron chi connectivity index (χ0n) is 10.3. The van der Waals surface area contributed by atoms with Crippen LogP contribution in [0.2, 0.25) is 0 Å². The van der Waals surface area contributed by atoms with Crippen molar-refractivity contribution in [2.45, 2.75) is 6.10 Å². The molecule has 0 fully saturated rings. The van der Waals surface area contributed by atoms with E-state index in [1.165, 1.54) is 6.07 Å². The summed E-state index contributed by atoms with van der Waals surface area (Å²) in [6.07, 6.45) is -0.201. The third kappa shape index (κ3) is 3.08. The van der Waals surface area contributed by atoms with E-state index in [9.17, 15) is 4.39 Å². The standard InChI is InChI=1S/C15H16FNO/c1-17-11-15(12-7-3-2-4-8-12)18-14-10-6-5-9-13(14)16/h2-10,15,17H,11H2,1H3. The highest BCUT2D eigenvalue weighted by Crippen LogP contribution is 2.23. The quantitative estimate of drug-likeness (QED) is 0.873. The number of ether oxygens (including phenoxy) is 1. The molecule has 0 radical (unpaired) electrons. The van der Waals surface area contributed by atoms with Crippen molar-refractivity contribution in [2.75, 3.05) is 13.6 Å². The monoisotopic (exact) mass is 245 g/mol. The zero-order chi connectivity index (χ0) is 12.8. The molecule has 3 heteroatoms. The normalized spacial score (nSPS) is 12.1. The van der Waals surface area contributed by atoms with E-state index in [0.29, 0.717) is 6.54 Å². The highest BCUT2D eigenvalue weighted by molar-refractivity contribution is 5.26. The van der Waals surface area contributed by atoms with E-state index in [1.807, 2.05) is 37.4 Å². The maximum atomic E-state index is 13.6. The second kappa shape index (κ2) is 6.17. The number of rotatable bonds is 5. The third-order valence-electron chi connectivity index (χ3n) is 2.67. The van der Waals surface area contributed by atoms with Gasteiger partial charge in [-0.3, -0.25) is 0 Å². The molecule has 0 saturated heterocycles. The van der Waals surface area contributed by atoms with E-state index in [4.69, 9.17) is 4.74 Å². The summed E-state index contributed by atoms with van der Waals surface area (Å²) in [4.78, 5) is 0. The maximum absolute atomic E-state index is 13.6. The second-order valence-electron chi connectivity index (χ2n) is 4.01. The van der Waals surface area contributed by atoms with Crippen molar-refractivity contribution in [2.24, 2.45) is 0 Å². The molecule has 0 spiro atoms. The molecule has 2 nitrogen and oxygen atoms in total. The van der Waals surface area contributed by atoms with Crippen molar-refractivity contribution in [1.82, 2.24) is 5.32 Å². The van der Waals surface area contributed by atoms with Crippen LogP contribution in [0.4, 0.5) is 4.39 Å². The van der Waals surface area contributed by atoms with E-state index in [2.05, 4.69) is 5.32 Å². The van der Waals surface area contributed by atoms with Crippen molar-refractivity contribution in [3.8, 4) is 5.75 Å². The van der Waals surface area contributed by atoms with Gasteiger partial charge in [-0.2, -0.15) is 0 Å². The number of hydrogen-bond acceptors (Lipinski definition) is 2. The fourth-order valence-corrected chi connectivity index (χ4v) is 1.77. The molecule has 94 valence electrons. The maximum Gasteiger partial charge on any atom is 0.165 e. The molecular formula is C15H16FNO. The number of benzene rings is 2. The summed E-state index contributed by atoms with van der Waals surface area (Å²) in [5.41, 5.74) is 1.02. The van der Waals surface area contributed by atoms with E-state index < -0.39 is 0 Å². The summed E-state index contributed by atoms with van der Waals surface area (Å²) in [6.45, 7) is 0.623. The van der Waals surface area contributed by atoms with Gasteiger partial charge in [0.1, 0.15) is 6.10 Å². The zero-order valence-corrected chi connectivity index (χ0v) is 10.3. The van der Waals surface area contributed by atoms with Crippen LogP contribution in [0.1, 0.15) is 11.7 Å². The predicted molar refractivity (Wildman–Crippen MR) is 70.1 cm³/mol. The fraction of sp³-hybridized carbons (Fsp3) is 0.200. The molecule has 0 bridgehead atoms. The molecule has 0 aliphatic carbocycles. The van der Waals surface area contributed by atoms with Gasteiger partial charge in [-0.15, -0.1) is 0 Å². The van der Waals surface area contributed by atoms with E-state index in [-0.39, 0.29) is 17.7 Å². The lowest BCUT2D eigenvalue weighted by atomic mass is 10.1. The lowest BCUT2D eigenvalue weighted by Crippen LogP contribution is -2.22. The van der Waals surface area contributed by atoms with Crippen LogP contribution in [0.15, 0.2) is 54.6 Å². The van der Waals surface area contributed by atoms with Gasteiger partial charge in [0, 0.05) is 6.54 Å². The first-order valence-electron chi connectivity index (χ1n) is 5.92. The van der Waals surface area contributed by atoms with Crippen molar-refractivity contribution in [3.05, 3.63) is 66.0 Å². The summed E-state index contributed by atoms with van der Waals surface area (Å²) in [7, 11) is 1.85. The Labute approximate surface area is 106 Å². The van der Waals surface area contributed by atoms with Crippen LogP contribution in [-0.4, -0.2) is 13.6 Å². The SMILES string of the molecule is CNCC(Oc1ccccc1F)c1ccccc1. The summed E-state index contributed by atoms with van der Waals surface area (Å²) in [6, 6.07) is 16.2. The predicted octanol–water partition coefficient (Wildman–Crippen LogP) is 3.17. The Bertz CT molecular complexity index is 487. The smallest absolute Gasteiger partial charge is 0.165 e. The van der Waals surface area contributed by atoms with Crippen LogP contribution in [0.3, 0.4) is 0 Å². The molecule has 0 amide bonds. The van der Waals surface area contributed by atoms with Gasteiger partial charge < -0.3 is 10.1 Å². The van der Waals surface area contributed by atoms with E-state index >= 15 is 0 Å². The van der Waals surface area contributed by atoms with Gasteiger partial charge in [0.25, 0.3) is 0 Å². The topological polar surface area (TPSA) is 21.3 Å². The number of hydrogen-bond donors (Lipinski definition) is 1. The van der Waals surface area contributed by atoms with Gasteiger partial charge in [0.05, 0.1) is 0 Å². The Morgan fingerprint density at radius 1 is 1.06 bits per heavy atom. The molecule has 0 aromatic heterocycles. The molecule has 18 heavy (non-hydrogen) atoms. The minimum absolute atomic E-state index is 0.201. The molecule has 1 N–H and O–H groups in total. The highest BCUT2D eigenvalue weighted by atomic mass is 19.1.